The van der Waals surface area contributed by atoms with Crippen LogP contribution in [-0.2, 0) is 9.53 Å². The number of nitrogens with zero attached hydrogens (tertiary/aromatic N) is 3. The molecule has 8 nitrogen and oxygen atoms in total. The Labute approximate surface area is 145 Å². The van der Waals surface area contributed by atoms with Crippen LogP contribution in [0.3, 0.4) is 0 Å². The number of carbonyl (C=O) groups is 2. The van der Waals surface area contributed by atoms with Crippen LogP contribution in [0.15, 0.2) is 18.2 Å². The molecule has 2 aliphatic rings. The molecule has 0 spiro atoms. The van der Waals surface area contributed by atoms with Gasteiger partial charge in [-0.3, -0.25) is 19.7 Å². The number of benzene rings is 1. The van der Waals surface area contributed by atoms with E-state index in [1.807, 2.05) is 4.90 Å². The second-order valence-electron chi connectivity index (χ2n) is 6.33. The van der Waals surface area contributed by atoms with Gasteiger partial charge in [0, 0.05) is 44.4 Å². The van der Waals surface area contributed by atoms with Gasteiger partial charge in [-0.1, -0.05) is 0 Å². The van der Waals surface area contributed by atoms with Crippen LogP contribution in [0.5, 0.6) is 0 Å². The van der Waals surface area contributed by atoms with Gasteiger partial charge >= 0.3 is 0 Å². The molecule has 25 heavy (non-hydrogen) atoms. The molecular weight excluding hydrogens is 326 g/mol. The van der Waals surface area contributed by atoms with Crippen LogP contribution in [0.25, 0.3) is 0 Å². The van der Waals surface area contributed by atoms with Gasteiger partial charge < -0.3 is 14.5 Å². The largest absolute Gasteiger partial charge is 0.368 e. The third-order valence-corrected chi connectivity index (χ3v) is 4.72. The van der Waals surface area contributed by atoms with Crippen molar-refractivity contribution in [2.24, 2.45) is 0 Å². The summed E-state index contributed by atoms with van der Waals surface area (Å²) in [6.07, 6.45) is 1.33. The smallest absolute Gasteiger partial charge is 0.293 e. The summed E-state index contributed by atoms with van der Waals surface area (Å²) < 4.78 is 5.44. The number of rotatable bonds is 4. The molecule has 1 atom stereocenters. The summed E-state index contributed by atoms with van der Waals surface area (Å²) in [5.74, 6) is -0.194. The van der Waals surface area contributed by atoms with Crippen molar-refractivity contribution in [1.29, 1.82) is 0 Å². The van der Waals surface area contributed by atoms with Crippen LogP contribution < -0.4 is 4.90 Å². The standard InChI is InChI=1S/C17H21N3O5/c1-12(21)13-4-5-14(15(11-13)20(23)24)18-6-8-19(9-7-18)17(22)16-3-2-10-25-16/h4-5,11,16H,2-3,6-10H2,1H3. The van der Waals surface area contributed by atoms with Gasteiger partial charge in [0.2, 0.25) is 0 Å². The molecule has 2 heterocycles. The van der Waals surface area contributed by atoms with Crippen molar-refractivity contribution in [3.8, 4) is 0 Å². The van der Waals surface area contributed by atoms with Crippen molar-refractivity contribution < 1.29 is 19.2 Å². The second-order valence-corrected chi connectivity index (χ2v) is 6.33. The Bertz CT molecular complexity index is 692. The van der Waals surface area contributed by atoms with Crippen LogP contribution >= 0.6 is 0 Å². The Morgan fingerprint density at radius 1 is 1.24 bits per heavy atom. The molecule has 134 valence electrons. The van der Waals surface area contributed by atoms with Gasteiger partial charge in [0.05, 0.1) is 4.92 Å². The molecule has 0 aliphatic carbocycles. The number of ketones is 1. The van der Waals surface area contributed by atoms with Crippen LogP contribution in [-0.4, -0.2) is 60.4 Å². The van der Waals surface area contributed by atoms with Crippen molar-refractivity contribution in [3.05, 3.63) is 33.9 Å². The number of hydrogen-bond donors (Lipinski definition) is 0. The number of anilines is 1. The maximum Gasteiger partial charge on any atom is 0.293 e. The van der Waals surface area contributed by atoms with Gasteiger partial charge in [-0.15, -0.1) is 0 Å². The molecule has 0 bridgehead atoms. The number of ether oxygens (including phenoxy) is 1. The lowest BCUT2D eigenvalue weighted by atomic mass is 10.1. The van der Waals surface area contributed by atoms with E-state index in [0.29, 0.717) is 44.0 Å². The molecule has 3 rings (SSSR count). The van der Waals surface area contributed by atoms with Gasteiger partial charge in [-0.25, -0.2) is 0 Å². The number of carbonyl (C=O) groups excluding carboxylic acids is 2. The molecular formula is C17H21N3O5. The van der Waals surface area contributed by atoms with E-state index >= 15 is 0 Å². The topological polar surface area (TPSA) is 93.0 Å². The minimum atomic E-state index is -0.467. The fourth-order valence-corrected chi connectivity index (χ4v) is 3.30. The summed E-state index contributed by atoms with van der Waals surface area (Å²) in [6, 6.07) is 4.54. The summed E-state index contributed by atoms with van der Waals surface area (Å²) in [6.45, 7) is 4.05. The molecule has 1 aromatic carbocycles. The lowest BCUT2D eigenvalue weighted by Crippen LogP contribution is -2.51. The number of amides is 1. The highest BCUT2D eigenvalue weighted by atomic mass is 16.6. The first-order chi connectivity index (χ1) is 12.0. The van der Waals surface area contributed by atoms with E-state index in [2.05, 4.69) is 0 Å². The average molecular weight is 347 g/mol. The van der Waals surface area contributed by atoms with Gasteiger partial charge in [0.1, 0.15) is 11.8 Å². The molecule has 2 aliphatic heterocycles. The van der Waals surface area contributed by atoms with Crippen molar-refractivity contribution in [3.63, 3.8) is 0 Å². The average Bonchev–Trinajstić information content (AvgIpc) is 3.15. The molecule has 8 heteroatoms. The minimum Gasteiger partial charge on any atom is -0.368 e. The van der Waals surface area contributed by atoms with E-state index in [4.69, 9.17) is 4.74 Å². The number of hydrogen-bond acceptors (Lipinski definition) is 6. The van der Waals surface area contributed by atoms with E-state index in [9.17, 15) is 19.7 Å². The van der Waals surface area contributed by atoms with Crippen LogP contribution in [0.1, 0.15) is 30.1 Å². The monoisotopic (exact) mass is 347 g/mol. The van der Waals surface area contributed by atoms with Crippen LogP contribution in [0.2, 0.25) is 0 Å². The van der Waals surface area contributed by atoms with Gasteiger partial charge in [0.15, 0.2) is 5.78 Å². The van der Waals surface area contributed by atoms with E-state index in [1.165, 1.54) is 13.0 Å². The highest BCUT2D eigenvalue weighted by Crippen LogP contribution is 2.30. The molecule has 1 unspecified atom stereocenters. The number of nitro benzene ring substituents is 1. The molecule has 0 radical (unpaired) electrons. The van der Waals surface area contributed by atoms with Crippen molar-refractivity contribution in [1.82, 2.24) is 4.90 Å². The summed E-state index contributed by atoms with van der Waals surface area (Å²) >= 11 is 0. The Balaban J connectivity index is 1.71. The Morgan fingerprint density at radius 3 is 2.52 bits per heavy atom. The summed E-state index contributed by atoms with van der Waals surface area (Å²) in [5, 5.41) is 11.4. The Hall–Kier alpha value is -2.48. The SMILES string of the molecule is CC(=O)c1ccc(N2CCN(C(=O)C3CCCO3)CC2)c([N+](=O)[O-])c1. The highest BCUT2D eigenvalue weighted by Gasteiger charge is 2.31. The number of Topliss-reactive ketones (excluding diaryl/α,β-unsaturated/α-hetero) is 1. The van der Waals surface area contributed by atoms with E-state index in [-0.39, 0.29) is 23.5 Å². The summed E-state index contributed by atoms with van der Waals surface area (Å²) in [5.41, 5.74) is 0.730. The molecule has 1 aromatic rings. The Kier molecular flexibility index (Phi) is 4.98. The normalized spacial score (nSPS) is 20.6. The van der Waals surface area contributed by atoms with Gasteiger partial charge in [0.25, 0.3) is 11.6 Å². The first kappa shape index (κ1) is 17.3. The zero-order valence-corrected chi connectivity index (χ0v) is 14.1. The molecule has 0 aromatic heterocycles. The highest BCUT2D eigenvalue weighted by molar-refractivity contribution is 5.95. The minimum absolute atomic E-state index is 0.0126. The van der Waals surface area contributed by atoms with Gasteiger partial charge in [-0.05, 0) is 31.9 Å². The first-order valence-electron chi connectivity index (χ1n) is 8.42. The summed E-state index contributed by atoms with van der Waals surface area (Å²) in [7, 11) is 0. The third kappa shape index (κ3) is 3.63. The molecule has 2 saturated heterocycles. The molecule has 1 amide bonds. The first-order valence-corrected chi connectivity index (χ1v) is 8.42. The Morgan fingerprint density at radius 2 is 1.96 bits per heavy atom. The number of nitro groups is 1. The van der Waals surface area contributed by atoms with Crippen molar-refractivity contribution in [2.75, 3.05) is 37.7 Å². The maximum absolute atomic E-state index is 12.4. The fourth-order valence-electron chi connectivity index (χ4n) is 3.30. The van der Waals surface area contributed by atoms with E-state index in [0.717, 1.165) is 12.8 Å². The maximum atomic E-state index is 12.4. The molecule has 0 saturated carbocycles. The van der Waals surface area contributed by atoms with Crippen molar-refractivity contribution >= 4 is 23.1 Å². The lowest BCUT2D eigenvalue weighted by molar-refractivity contribution is -0.384. The van der Waals surface area contributed by atoms with Gasteiger partial charge in [-0.2, -0.15) is 0 Å². The van der Waals surface area contributed by atoms with E-state index < -0.39 is 4.92 Å². The third-order valence-electron chi connectivity index (χ3n) is 4.72. The zero-order valence-electron chi connectivity index (χ0n) is 14.1. The quantitative estimate of drug-likeness (QED) is 0.467. The second kappa shape index (κ2) is 7.18. The predicted octanol–water partition coefficient (Wildman–Crippen LogP) is 1.63. The predicted molar refractivity (Wildman–Crippen MR) is 90.9 cm³/mol. The van der Waals surface area contributed by atoms with E-state index in [1.54, 1.807) is 17.0 Å². The van der Waals surface area contributed by atoms with Crippen LogP contribution in [0, 0.1) is 10.1 Å². The lowest BCUT2D eigenvalue weighted by Gasteiger charge is -2.36. The fraction of sp³-hybridized carbons (Fsp3) is 0.529. The molecule has 2 fully saturated rings. The summed E-state index contributed by atoms with van der Waals surface area (Å²) in [4.78, 5) is 38.4. The molecule has 0 N–H and O–H groups in total. The van der Waals surface area contributed by atoms with Crippen molar-refractivity contribution in [2.45, 2.75) is 25.9 Å². The number of piperazine rings is 1. The zero-order chi connectivity index (χ0) is 18.0. The van der Waals surface area contributed by atoms with Crippen LogP contribution in [0.4, 0.5) is 11.4 Å².